The molecule has 4 aromatic rings. The van der Waals surface area contributed by atoms with E-state index in [0.717, 1.165) is 4.70 Å². The molecule has 0 saturated heterocycles. The number of hydrogen-bond acceptors (Lipinski definition) is 5. The Balaban J connectivity index is 1.68. The number of amides is 1. The Hall–Kier alpha value is -3.84. The molecule has 3 aromatic carbocycles. The molecule has 5 rings (SSSR count). The number of benzene rings is 3. The molecule has 1 amide bonds. The predicted octanol–water partition coefficient (Wildman–Crippen LogP) is 5.22. The summed E-state index contributed by atoms with van der Waals surface area (Å²) in [4.78, 5) is 32.3. The van der Waals surface area contributed by atoms with Gasteiger partial charge >= 0.3 is 0 Å². The predicted molar refractivity (Wildman–Crippen MR) is 117 cm³/mol. The Kier molecular flexibility index (Phi) is 4.60. The molecular formula is C24H15FN2O3S. The van der Waals surface area contributed by atoms with Gasteiger partial charge in [0, 0.05) is 5.56 Å². The van der Waals surface area contributed by atoms with Crippen LogP contribution >= 0.6 is 11.3 Å². The minimum absolute atomic E-state index is 0.0536. The lowest BCUT2D eigenvalue weighted by atomic mass is 9.93. The SMILES string of the molecule is O=C(C1=C(O)C(=O)N(c2nc3ccccc3s2)C1c1ccc(F)cc1)c1ccccc1. The van der Waals surface area contributed by atoms with E-state index >= 15 is 0 Å². The Bertz CT molecular complexity index is 1310. The van der Waals surface area contributed by atoms with Gasteiger partial charge in [0.05, 0.1) is 21.8 Å². The summed E-state index contributed by atoms with van der Waals surface area (Å²) in [5.74, 6) is -2.25. The minimum Gasteiger partial charge on any atom is -0.503 e. The topological polar surface area (TPSA) is 70.5 Å². The van der Waals surface area contributed by atoms with Crippen LogP contribution in [-0.2, 0) is 4.79 Å². The van der Waals surface area contributed by atoms with Crippen molar-refractivity contribution in [2.75, 3.05) is 4.90 Å². The molecule has 0 radical (unpaired) electrons. The highest BCUT2D eigenvalue weighted by Crippen LogP contribution is 2.44. The molecule has 0 spiro atoms. The van der Waals surface area contributed by atoms with Crippen LogP contribution in [0.5, 0.6) is 0 Å². The van der Waals surface area contributed by atoms with Crippen LogP contribution in [0.15, 0.2) is 90.2 Å². The van der Waals surface area contributed by atoms with E-state index in [0.29, 0.717) is 21.8 Å². The number of aromatic nitrogens is 1. The third-order valence-electron chi connectivity index (χ3n) is 5.16. The van der Waals surface area contributed by atoms with E-state index in [9.17, 15) is 19.1 Å². The maximum atomic E-state index is 13.6. The number of nitrogens with zero attached hydrogens (tertiary/aromatic N) is 2. The van der Waals surface area contributed by atoms with Gasteiger partial charge in [-0.2, -0.15) is 0 Å². The fraction of sp³-hybridized carbons (Fsp3) is 0.0417. The minimum atomic E-state index is -0.929. The van der Waals surface area contributed by atoms with E-state index in [1.54, 1.807) is 30.3 Å². The van der Waals surface area contributed by atoms with Crippen molar-refractivity contribution < 1.29 is 19.1 Å². The highest BCUT2D eigenvalue weighted by Gasteiger charge is 2.45. The van der Waals surface area contributed by atoms with Crippen molar-refractivity contribution in [2.24, 2.45) is 0 Å². The summed E-state index contributed by atoms with van der Waals surface area (Å²) in [7, 11) is 0. The summed E-state index contributed by atoms with van der Waals surface area (Å²) in [5, 5.41) is 11.1. The monoisotopic (exact) mass is 430 g/mol. The number of Topliss-reactive ketones (excluding diaryl/α,β-unsaturated/α-hetero) is 1. The molecule has 1 aliphatic heterocycles. The first kappa shape index (κ1) is 19.1. The molecule has 7 heteroatoms. The van der Waals surface area contributed by atoms with Crippen LogP contribution < -0.4 is 4.90 Å². The van der Waals surface area contributed by atoms with Crippen molar-refractivity contribution in [1.29, 1.82) is 0 Å². The zero-order valence-corrected chi connectivity index (χ0v) is 16.8. The van der Waals surface area contributed by atoms with Crippen LogP contribution in [0.25, 0.3) is 10.2 Å². The molecule has 31 heavy (non-hydrogen) atoms. The molecule has 0 aliphatic carbocycles. The molecule has 1 aromatic heterocycles. The van der Waals surface area contributed by atoms with Crippen molar-refractivity contribution in [3.05, 3.63) is 107 Å². The van der Waals surface area contributed by atoms with Crippen LogP contribution in [0.4, 0.5) is 9.52 Å². The number of aliphatic hydroxyl groups is 1. The summed E-state index contributed by atoms with van der Waals surface area (Å²) in [5.41, 5.74) is 1.49. The molecular weight excluding hydrogens is 415 g/mol. The number of anilines is 1. The number of carbonyl (C=O) groups is 2. The fourth-order valence-electron chi connectivity index (χ4n) is 3.70. The van der Waals surface area contributed by atoms with Gasteiger partial charge in [0.15, 0.2) is 16.7 Å². The smallest absolute Gasteiger partial charge is 0.296 e. The first-order valence-corrected chi connectivity index (χ1v) is 10.3. The van der Waals surface area contributed by atoms with E-state index in [4.69, 9.17) is 0 Å². The number of para-hydroxylation sites is 1. The van der Waals surface area contributed by atoms with Gasteiger partial charge in [0.2, 0.25) is 0 Å². The number of halogens is 1. The average Bonchev–Trinajstić information content (AvgIpc) is 3.33. The normalized spacial score (nSPS) is 16.4. The van der Waals surface area contributed by atoms with Crippen molar-refractivity contribution >= 4 is 38.4 Å². The van der Waals surface area contributed by atoms with Gasteiger partial charge < -0.3 is 5.11 Å². The lowest BCUT2D eigenvalue weighted by molar-refractivity contribution is -0.117. The van der Waals surface area contributed by atoms with E-state index < -0.39 is 29.3 Å². The second-order valence-electron chi connectivity index (χ2n) is 7.05. The highest BCUT2D eigenvalue weighted by atomic mass is 32.1. The first-order chi connectivity index (χ1) is 15.0. The fourth-order valence-corrected chi connectivity index (χ4v) is 4.70. The molecule has 0 saturated carbocycles. The molecule has 1 aliphatic rings. The second kappa shape index (κ2) is 7.45. The van der Waals surface area contributed by atoms with E-state index in [1.165, 1.54) is 40.5 Å². The number of fused-ring (bicyclic) bond motifs is 1. The van der Waals surface area contributed by atoms with Gasteiger partial charge in [0.1, 0.15) is 5.82 Å². The third-order valence-corrected chi connectivity index (χ3v) is 6.20. The summed E-state index contributed by atoms with van der Waals surface area (Å²) in [6.07, 6.45) is 0. The number of hydrogen-bond donors (Lipinski definition) is 1. The number of carbonyl (C=O) groups excluding carboxylic acids is 2. The summed E-state index contributed by atoms with van der Waals surface area (Å²) >= 11 is 1.28. The first-order valence-electron chi connectivity index (χ1n) is 9.52. The zero-order chi connectivity index (χ0) is 21.5. The highest BCUT2D eigenvalue weighted by molar-refractivity contribution is 7.22. The van der Waals surface area contributed by atoms with Crippen molar-refractivity contribution in [1.82, 2.24) is 4.98 Å². The number of thiazole rings is 1. The quantitative estimate of drug-likeness (QED) is 0.451. The number of ketones is 1. The molecule has 1 unspecified atom stereocenters. The standard InChI is InChI=1S/C24H15FN2O3S/c25-16-12-10-14(11-13-16)20-19(21(28)15-6-2-1-3-7-15)22(29)23(30)27(20)24-26-17-8-4-5-9-18(17)31-24/h1-13,20,29H. The van der Waals surface area contributed by atoms with E-state index in [1.807, 2.05) is 24.3 Å². The van der Waals surface area contributed by atoms with Gasteiger partial charge in [-0.1, -0.05) is 65.9 Å². The van der Waals surface area contributed by atoms with Gasteiger partial charge in [-0.3, -0.25) is 14.5 Å². The van der Waals surface area contributed by atoms with Gasteiger partial charge in [0.25, 0.3) is 5.91 Å². The summed E-state index contributed by atoms with van der Waals surface area (Å²) in [6, 6.07) is 20.4. The molecule has 1 N–H and O–H groups in total. The van der Waals surface area contributed by atoms with E-state index in [2.05, 4.69) is 4.98 Å². The van der Waals surface area contributed by atoms with Crippen LogP contribution in [0.2, 0.25) is 0 Å². The van der Waals surface area contributed by atoms with E-state index in [-0.39, 0.29) is 5.57 Å². The van der Waals surface area contributed by atoms with Gasteiger partial charge in [-0.25, -0.2) is 9.37 Å². The zero-order valence-electron chi connectivity index (χ0n) is 16.0. The number of aliphatic hydroxyl groups excluding tert-OH is 1. The Morgan fingerprint density at radius 2 is 1.65 bits per heavy atom. The van der Waals surface area contributed by atoms with Crippen LogP contribution in [0.3, 0.4) is 0 Å². The Labute approximate surface area is 180 Å². The summed E-state index contributed by atoms with van der Waals surface area (Å²) in [6.45, 7) is 0. The molecule has 2 heterocycles. The van der Waals surface area contributed by atoms with Crippen LogP contribution in [0, 0.1) is 5.82 Å². The molecule has 152 valence electrons. The van der Waals surface area contributed by atoms with Crippen LogP contribution in [0.1, 0.15) is 22.0 Å². The summed E-state index contributed by atoms with van der Waals surface area (Å²) < 4.78 is 14.5. The Morgan fingerprint density at radius 1 is 0.968 bits per heavy atom. The van der Waals surface area contributed by atoms with Crippen LogP contribution in [-0.4, -0.2) is 21.8 Å². The maximum absolute atomic E-state index is 13.6. The number of rotatable bonds is 4. The van der Waals surface area contributed by atoms with Gasteiger partial charge in [-0.05, 0) is 29.8 Å². The second-order valence-corrected chi connectivity index (χ2v) is 8.06. The molecule has 0 fully saturated rings. The van der Waals surface area contributed by atoms with Crippen molar-refractivity contribution in [3.63, 3.8) is 0 Å². The van der Waals surface area contributed by atoms with Crippen molar-refractivity contribution in [2.45, 2.75) is 6.04 Å². The average molecular weight is 430 g/mol. The maximum Gasteiger partial charge on any atom is 0.296 e. The molecule has 5 nitrogen and oxygen atoms in total. The van der Waals surface area contributed by atoms with Gasteiger partial charge in [-0.15, -0.1) is 0 Å². The largest absolute Gasteiger partial charge is 0.503 e. The molecule has 1 atom stereocenters. The lowest BCUT2D eigenvalue weighted by Gasteiger charge is -2.24. The lowest BCUT2D eigenvalue weighted by Crippen LogP contribution is -2.31. The third kappa shape index (κ3) is 3.19. The molecule has 0 bridgehead atoms. The van der Waals surface area contributed by atoms with Crippen molar-refractivity contribution in [3.8, 4) is 0 Å². The Morgan fingerprint density at radius 3 is 2.35 bits per heavy atom.